The van der Waals surface area contributed by atoms with Crippen molar-refractivity contribution in [2.24, 2.45) is 11.5 Å². The smallest absolute Gasteiger partial charge is 0.319 e. The molecule has 7 atom stereocenters. The van der Waals surface area contributed by atoms with Gasteiger partial charge in [-0.25, -0.2) is 4.79 Å². The number of urea groups is 1. The summed E-state index contributed by atoms with van der Waals surface area (Å²) in [6.07, 6.45) is -4.08. The van der Waals surface area contributed by atoms with Crippen LogP contribution in [0.1, 0.15) is 24.8 Å². The number of carboxylic acid groups (broad SMARTS) is 1. The molecule has 2 aromatic rings. The Balaban J connectivity index is 1.68. The summed E-state index contributed by atoms with van der Waals surface area (Å²) in [5.74, 6) is -12.9. The number of carboxylic acids is 1. The summed E-state index contributed by atoms with van der Waals surface area (Å²) in [6.45, 7) is -2.31. The van der Waals surface area contributed by atoms with E-state index in [2.05, 4.69) is 42.5 Å². The lowest BCUT2D eigenvalue weighted by atomic mass is 10.0. The van der Waals surface area contributed by atoms with Crippen molar-refractivity contribution in [2.45, 2.75) is 68.0 Å². The Morgan fingerprint density at radius 1 is 0.797 bits per heavy atom. The fourth-order valence-electron chi connectivity index (χ4n) is 6.61. The molecule has 0 aliphatic carbocycles. The Kier molecular flexibility index (Phi) is 19.8. The van der Waals surface area contributed by atoms with Gasteiger partial charge in [-0.15, -0.1) is 0 Å². The van der Waals surface area contributed by atoms with Gasteiger partial charge in [-0.05, 0) is 23.8 Å². The standard InChI is InChI=1S/C39H48N12O16S2/c40-29(54)11-22-36(62)48-24(33(41)59)16-68-69-17-25(49-39(65)44-19-4-2-1-3-5-19)37(63)46-23(12-32(57)58)35(61)42-13-30(55)45-21(8-18-6-7-28(53)26(9-18)51(66)67)34(60)43-14-31(56)50-15-20(52)10-27(50)38(64)47-22/h1-7,9,20-25,27,52-53H,8,10-17H2,(H2,40,54)(H2,41,59)(H,42,61)(H,43,60)(H,45,55)(H,46,63)(H,47,64)(H,48,62)(H,57,58)(H2,44,49,65)/t20-,21+,22+,23-,24-,25-,27+/m1/s1. The van der Waals surface area contributed by atoms with Crippen molar-refractivity contribution in [3.8, 4) is 5.75 Å². The second-order valence-electron chi connectivity index (χ2n) is 15.2. The van der Waals surface area contributed by atoms with Crippen molar-refractivity contribution in [1.29, 1.82) is 0 Å². The first kappa shape index (κ1) is 53.9. The van der Waals surface area contributed by atoms with Gasteiger partial charge in [0, 0.05) is 42.6 Å². The number of primary amides is 2. The van der Waals surface area contributed by atoms with Crippen molar-refractivity contribution < 1.29 is 73.0 Å². The summed E-state index contributed by atoms with van der Waals surface area (Å²) in [7, 11) is 1.69. The first-order valence-electron chi connectivity index (χ1n) is 20.5. The third-order valence-corrected chi connectivity index (χ3v) is 12.4. The van der Waals surface area contributed by atoms with Crippen LogP contribution >= 0.6 is 21.6 Å². The molecule has 2 aliphatic heterocycles. The number of rotatable bonds is 10. The van der Waals surface area contributed by atoms with Gasteiger partial charge in [0.05, 0.1) is 37.0 Å². The van der Waals surface area contributed by atoms with Crippen LogP contribution in [0.3, 0.4) is 0 Å². The van der Waals surface area contributed by atoms with Crippen LogP contribution in [-0.2, 0) is 54.4 Å². The summed E-state index contributed by atoms with van der Waals surface area (Å²) in [5, 5.41) is 60.0. The SMILES string of the molecule is NC(=O)C[C@@H]1NC(=O)[C@@H]2C[C@@H](O)CN2C(=O)CNC(=O)[C@H](Cc2ccc(O)c([N+](=O)[O-])c2)NC(=O)CNC(=O)[C@@H](CC(=O)O)NC(=O)[C@H](NC(=O)Nc2ccccc2)CSSC[C@H](C(N)=O)NC1=O. The van der Waals surface area contributed by atoms with Crippen LogP contribution in [0.15, 0.2) is 48.5 Å². The summed E-state index contributed by atoms with van der Waals surface area (Å²) in [5.41, 5.74) is 10.4. The number of amides is 11. The minimum atomic E-state index is -1.89. The maximum absolute atomic E-state index is 13.7. The number of hydrogen-bond acceptors (Lipinski definition) is 17. The van der Waals surface area contributed by atoms with Gasteiger partial charge in [-0.1, -0.05) is 45.9 Å². The highest BCUT2D eigenvalue weighted by Gasteiger charge is 2.41. The molecule has 30 heteroatoms. The molecule has 0 radical (unpaired) electrons. The van der Waals surface area contributed by atoms with Gasteiger partial charge in [0.2, 0.25) is 53.2 Å². The number of carbonyl (C=O) groups is 11. The Morgan fingerprint density at radius 2 is 1.43 bits per heavy atom. The minimum absolute atomic E-state index is 0.00693. The Bertz CT molecular complexity index is 2330. The molecule has 2 aromatic carbocycles. The molecule has 0 unspecified atom stereocenters. The topological polar surface area (TPSA) is 443 Å². The van der Waals surface area contributed by atoms with Crippen LogP contribution in [0, 0.1) is 10.1 Å². The van der Waals surface area contributed by atoms with E-state index < -0.39 is 163 Å². The van der Waals surface area contributed by atoms with Gasteiger partial charge < -0.3 is 74.2 Å². The largest absolute Gasteiger partial charge is 0.502 e. The summed E-state index contributed by atoms with van der Waals surface area (Å²) >= 11 is 0. The number of aliphatic carboxylic acids is 1. The molecule has 15 N–H and O–H groups in total. The summed E-state index contributed by atoms with van der Waals surface area (Å²) in [6, 6.07) is 0.127. The zero-order chi connectivity index (χ0) is 50.9. The number of hydrogen-bond donors (Lipinski definition) is 13. The number of anilines is 1. The fraction of sp³-hybridized carbons (Fsp3) is 0.410. The van der Waals surface area contributed by atoms with Gasteiger partial charge in [-0.2, -0.15) is 0 Å². The molecule has 0 aromatic heterocycles. The monoisotopic (exact) mass is 1000 g/mol. The first-order chi connectivity index (χ1) is 32.6. The highest BCUT2D eigenvalue weighted by molar-refractivity contribution is 8.76. The summed E-state index contributed by atoms with van der Waals surface area (Å²) in [4.78, 5) is 156. The van der Waals surface area contributed by atoms with E-state index in [-0.39, 0.29) is 23.5 Å². The van der Waals surface area contributed by atoms with Gasteiger partial charge in [-0.3, -0.25) is 58.1 Å². The Labute approximate surface area is 398 Å². The molecule has 4 rings (SSSR count). The van der Waals surface area contributed by atoms with E-state index in [9.17, 15) is 78.2 Å². The lowest BCUT2D eigenvalue weighted by molar-refractivity contribution is -0.385. The number of aliphatic hydroxyl groups excluding tert-OH is 1. The third kappa shape index (κ3) is 16.8. The number of aromatic hydroxyl groups is 1. The second kappa shape index (κ2) is 25.4. The van der Waals surface area contributed by atoms with Crippen LogP contribution in [0.4, 0.5) is 16.2 Å². The zero-order valence-electron chi connectivity index (χ0n) is 36.0. The van der Waals surface area contributed by atoms with Crippen molar-refractivity contribution in [3.63, 3.8) is 0 Å². The molecule has 28 nitrogen and oxygen atoms in total. The number of nitrogens with zero attached hydrogens (tertiary/aromatic N) is 2. The van der Waals surface area contributed by atoms with Crippen LogP contribution < -0.4 is 54.0 Å². The van der Waals surface area contributed by atoms with Crippen molar-refractivity contribution in [3.05, 3.63) is 64.2 Å². The molecule has 0 spiro atoms. The van der Waals surface area contributed by atoms with Crippen LogP contribution in [0.25, 0.3) is 0 Å². The molecule has 69 heavy (non-hydrogen) atoms. The van der Waals surface area contributed by atoms with E-state index in [1.165, 1.54) is 18.2 Å². The lowest BCUT2D eigenvalue weighted by Gasteiger charge is -2.27. The number of nitrogens with one attached hydrogen (secondary N) is 8. The predicted molar refractivity (Wildman–Crippen MR) is 241 cm³/mol. The Morgan fingerprint density at radius 3 is 2.09 bits per heavy atom. The average Bonchev–Trinajstić information content (AvgIpc) is 3.68. The zero-order valence-corrected chi connectivity index (χ0v) is 37.7. The van der Waals surface area contributed by atoms with Gasteiger partial charge >= 0.3 is 17.7 Å². The fourth-order valence-corrected chi connectivity index (χ4v) is 8.95. The number of fused-ring (bicyclic) bond motifs is 1. The van der Waals surface area contributed by atoms with Crippen LogP contribution in [0.5, 0.6) is 5.75 Å². The maximum Gasteiger partial charge on any atom is 0.319 e. The van der Waals surface area contributed by atoms with E-state index in [0.717, 1.165) is 38.6 Å². The number of nitro benzene ring substituents is 1. The van der Waals surface area contributed by atoms with Crippen LogP contribution in [-0.4, -0.2) is 164 Å². The number of nitrogens with two attached hydrogens (primary N) is 2. The second-order valence-corrected chi connectivity index (χ2v) is 17.8. The molecule has 0 bridgehead atoms. The molecule has 11 amide bonds. The number of benzene rings is 2. The Hall–Kier alpha value is -7.73. The molecule has 0 saturated carbocycles. The number of para-hydroxylation sites is 1. The molecule has 2 aliphatic rings. The number of carbonyl (C=O) groups excluding carboxylic acids is 10. The van der Waals surface area contributed by atoms with Crippen molar-refractivity contribution >= 4 is 98.1 Å². The predicted octanol–water partition coefficient (Wildman–Crippen LogP) is -4.60. The minimum Gasteiger partial charge on any atom is -0.502 e. The highest BCUT2D eigenvalue weighted by atomic mass is 33.1. The quantitative estimate of drug-likeness (QED) is 0.0605. The third-order valence-electron chi connectivity index (χ3n) is 9.98. The van der Waals surface area contributed by atoms with E-state index in [4.69, 9.17) is 11.5 Å². The van der Waals surface area contributed by atoms with E-state index in [1.54, 1.807) is 18.2 Å². The number of aliphatic hydroxyl groups is 1. The van der Waals surface area contributed by atoms with Crippen molar-refractivity contribution in [1.82, 2.24) is 42.1 Å². The molecule has 2 saturated heterocycles. The normalized spacial score (nSPS) is 23.9. The lowest BCUT2D eigenvalue weighted by Crippen LogP contribution is -2.58. The molecule has 2 fully saturated rings. The van der Waals surface area contributed by atoms with Gasteiger partial charge in [0.15, 0.2) is 5.75 Å². The van der Waals surface area contributed by atoms with E-state index in [1.807, 2.05) is 0 Å². The first-order valence-corrected chi connectivity index (χ1v) is 23.0. The molecular weight excluding hydrogens is 957 g/mol. The van der Waals surface area contributed by atoms with Crippen molar-refractivity contribution in [2.75, 3.05) is 36.5 Å². The average molecular weight is 1010 g/mol. The number of phenols is 1. The highest BCUT2D eigenvalue weighted by Crippen LogP contribution is 2.27. The molecule has 372 valence electrons. The molecule has 2 heterocycles. The number of phenolic OH excluding ortho intramolecular Hbond substituents is 1. The van der Waals surface area contributed by atoms with Gasteiger partial charge in [0.25, 0.3) is 0 Å². The molecular formula is C39H48N12O16S2. The summed E-state index contributed by atoms with van der Waals surface area (Å²) < 4.78 is 0. The maximum atomic E-state index is 13.7. The van der Waals surface area contributed by atoms with Gasteiger partial charge in [0.1, 0.15) is 36.3 Å². The van der Waals surface area contributed by atoms with E-state index in [0.29, 0.717) is 5.69 Å². The number of nitro groups is 1. The van der Waals surface area contributed by atoms with Crippen LogP contribution in [0.2, 0.25) is 0 Å². The van der Waals surface area contributed by atoms with E-state index >= 15 is 0 Å².